The second kappa shape index (κ2) is 12.0. The van der Waals surface area contributed by atoms with Crippen molar-refractivity contribution in [1.82, 2.24) is 19.7 Å². The Hall–Kier alpha value is -2.15. The number of aromatic nitrogens is 1. The van der Waals surface area contributed by atoms with Crippen molar-refractivity contribution in [3.8, 4) is 11.3 Å². The van der Waals surface area contributed by atoms with E-state index in [0.717, 1.165) is 12.8 Å². The van der Waals surface area contributed by atoms with Crippen LogP contribution in [0.3, 0.4) is 0 Å². The molecule has 3 aliphatic heterocycles. The summed E-state index contributed by atoms with van der Waals surface area (Å²) in [5.74, 6) is 0.0887. The molecule has 3 fully saturated rings. The lowest BCUT2D eigenvalue weighted by Crippen LogP contribution is -2.53. The van der Waals surface area contributed by atoms with Gasteiger partial charge in [0.2, 0.25) is 10.0 Å². The van der Waals surface area contributed by atoms with Gasteiger partial charge < -0.3 is 14.7 Å². The van der Waals surface area contributed by atoms with Crippen molar-refractivity contribution < 1.29 is 30.9 Å². The molecule has 40 heavy (non-hydrogen) atoms. The van der Waals surface area contributed by atoms with E-state index < -0.39 is 22.6 Å². The molecule has 4 heterocycles. The highest BCUT2D eigenvalue weighted by Gasteiger charge is 2.47. The minimum atomic E-state index is -4.14. The van der Waals surface area contributed by atoms with Crippen LogP contribution in [-0.2, 0) is 10.0 Å². The molecule has 0 saturated carbocycles. The summed E-state index contributed by atoms with van der Waals surface area (Å²) in [6, 6.07) is 8.17. The molecule has 3 aliphatic rings. The average Bonchev–Trinajstić information content (AvgIpc) is 3.48. The molecule has 2 bridgehead atoms. The Labute approximate surface area is 237 Å². The molecule has 8 nitrogen and oxygen atoms in total. The number of hydrogen-bond acceptors (Lipinski definition) is 6. The largest absolute Gasteiger partial charge is 0.389 e. The van der Waals surface area contributed by atoms with Crippen LogP contribution in [0.5, 0.6) is 0 Å². The fourth-order valence-corrected chi connectivity index (χ4v) is 9.02. The van der Waals surface area contributed by atoms with Crippen molar-refractivity contribution in [1.29, 1.82) is 0 Å². The number of carbonyl (C=O) groups excluding carboxylic acids is 1. The Kier molecular flexibility index (Phi) is 8.80. The highest BCUT2D eigenvalue weighted by Crippen LogP contribution is 2.39. The summed E-state index contributed by atoms with van der Waals surface area (Å²) in [4.78, 5) is 14.9. The van der Waals surface area contributed by atoms with Crippen LogP contribution in [0.25, 0.3) is 11.3 Å². The molecule has 13 heteroatoms. The quantitative estimate of drug-likeness (QED) is 0.429. The Balaban J connectivity index is 1.12. The molecule has 5 rings (SSSR count). The fourth-order valence-electron chi connectivity index (χ4n) is 6.40. The number of hydrogen-bond donors (Lipinski definition) is 1. The number of sulfonamides is 1. The highest BCUT2D eigenvalue weighted by molar-refractivity contribution is 7.89. The molecule has 1 aromatic carbocycles. The Morgan fingerprint density at radius 2 is 1.77 bits per heavy atom. The number of nitrogens with zero attached hydrogens (tertiary/aromatic N) is 3. The van der Waals surface area contributed by atoms with Crippen LogP contribution >= 0.6 is 11.6 Å². The number of piperidine rings is 2. The van der Waals surface area contributed by atoms with Crippen molar-refractivity contribution in [3.05, 3.63) is 41.0 Å². The fraction of sp³-hybridized carbons (Fsp3) is 0.630. The third-order valence-electron chi connectivity index (χ3n) is 8.29. The lowest BCUT2D eigenvalue weighted by Gasteiger charge is -2.39. The monoisotopic (exact) mass is 602 g/mol. The molecular weight excluding hydrogens is 569 g/mol. The minimum absolute atomic E-state index is 0.000159. The Morgan fingerprint density at radius 1 is 1.10 bits per heavy atom. The summed E-state index contributed by atoms with van der Waals surface area (Å²) in [6.45, 7) is 1.64. The topological polar surface area (TPSA) is 95.8 Å². The second-order valence-corrected chi connectivity index (χ2v) is 13.5. The van der Waals surface area contributed by atoms with Gasteiger partial charge in [-0.15, -0.1) is 0 Å². The van der Waals surface area contributed by atoms with Gasteiger partial charge in [0.25, 0.3) is 5.91 Å². The first-order valence-electron chi connectivity index (χ1n) is 13.8. The molecule has 0 radical (unpaired) electrons. The van der Waals surface area contributed by atoms with Crippen LogP contribution < -0.4 is 5.32 Å². The van der Waals surface area contributed by atoms with Crippen molar-refractivity contribution in [2.45, 2.75) is 75.7 Å². The number of likely N-dealkylation sites (tertiary alicyclic amines) is 1. The molecule has 220 valence electrons. The van der Waals surface area contributed by atoms with Crippen LogP contribution in [0.2, 0.25) is 5.02 Å². The predicted molar refractivity (Wildman–Crippen MR) is 144 cm³/mol. The van der Waals surface area contributed by atoms with E-state index in [2.05, 4.69) is 10.5 Å². The van der Waals surface area contributed by atoms with Gasteiger partial charge in [0, 0.05) is 36.2 Å². The molecule has 3 saturated heterocycles. The Bertz CT molecular complexity index is 1280. The molecule has 0 aliphatic carbocycles. The van der Waals surface area contributed by atoms with Gasteiger partial charge in [-0.2, -0.15) is 17.5 Å². The highest BCUT2D eigenvalue weighted by atomic mass is 35.5. The smallest absolute Gasteiger partial charge is 0.355 e. The van der Waals surface area contributed by atoms with Crippen LogP contribution in [0, 0.1) is 5.92 Å². The van der Waals surface area contributed by atoms with E-state index in [4.69, 9.17) is 16.1 Å². The van der Waals surface area contributed by atoms with Gasteiger partial charge >= 0.3 is 6.18 Å². The van der Waals surface area contributed by atoms with Crippen molar-refractivity contribution >= 4 is 27.5 Å². The van der Waals surface area contributed by atoms with Crippen LogP contribution in [0.4, 0.5) is 13.2 Å². The first kappa shape index (κ1) is 29.3. The van der Waals surface area contributed by atoms with E-state index >= 15 is 0 Å². The van der Waals surface area contributed by atoms with Crippen molar-refractivity contribution in [2.75, 3.05) is 25.4 Å². The number of alkyl halides is 3. The first-order chi connectivity index (χ1) is 19.0. The zero-order valence-corrected chi connectivity index (χ0v) is 23.6. The number of amides is 1. The zero-order chi connectivity index (χ0) is 28.5. The normalized spacial score (nSPS) is 24.9. The van der Waals surface area contributed by atoms with E-state index in [9.17, 15) is 26.4 Å². The number of nitrogens with one attached hydrogen (secondary N) is 1. The molecule has 1 amide bonds. The number of rotatable bonds is 9. The average molecular weight is 603 g/mol. The Morgan fingerprint density at radius 3 is 2.42 bits per heavy atom. The van der Waals surface area contributed by atoms with E-state index in [0.29, 0.717) is 61.7 Å². The molecular formula is C27H34ClF3N4O4S. The second-order valence-electron chi connectivity index (χ2n) is 11.2. The van der Waals surface area contributed by atoms with Gasteiger partial charge in [-0.1, -0.05) is 28.9 Å². The molecule has 2 aromatic rings. The maximum absolute atomic E-state index is 13.5. The van der Waals surface area contributed by atoms with Crippen LogP contribution in [-0.4, -0.2) is 78.4 Å². The van der Waals surface area contributed by atoms with Gasteiger partial charge in [0.1, 0.15) is 0 Å². The van der Waals surface area contributed by atoms with Crippen molar-refractivity contribution in [2.24, 2.45) is 5.92 Å². The van der Waals surface area contributed by atoms with E-state index in [1.165, 1.54) is 0 Å². The summed E-state index contributed by atoms with van der Waals surface area (Å²) < 4.78 is 71.2. The number of fused-ring (bicyclic) bond motifs is 2. The number of benzene rings is 1. The summed E-state index contributed by atoms with van der Waals surface area (Å²) in [5.41, 5.74) is 0.779. The molecule has 2 unspecified atom stereocenters. The number of carbonyl (C=O) groups is 1. The molecule has 0 spiro atoms. The van der Waals surface area contributed by atoms with Crippen LogP contribution in [0.1, 0.15) is 61.9 Å². The summed E-state index contributed by atoms with van der Waals surface area (Å²) in [5, 5.41) is 7.40. The maximum Gasteiger partial charge on any atom is 0.389 e. The van der Waals surface area contributed by atoms with E-state index in [1.54, 1.807) is 28.6 Å². The third-order valence-corrected chi connectivity index (χ3v) is 10.8. The first-order valence-corrected chi connectivity index (χ1v) is 15.8. The van der Waals surface area contributed by atoms with Gasteiger partial charge in [-0.05, 0) is 82.6 Å². The summed E-state index contributed by atoms with van der Waals surface area (Å²) >= 11 is 6.21. The van der Waals surface area contributed by atoms with Gasteiger partial charge in [-0.3, -0.25) is 4.79 Å². The lowest BCUT2D eigenvalue weighted by atomic mass is 9.99. The summed E-state index contributed by atoms with van der Waals surface area (Å²) in [7, 11) is -3.49. The zero-order valence-electron chi connectivity index (χ0n) is 22.1. The standard InChI is InChI=1S/C27H34ClF3N4O4S/c28-23-5-2-1-4-22(23)25-16-24(33-39-25)26(36)32-19-14-20-6-7-21(15-19)35(20)40(37,38)17-18-8-12-34(13-9-18)11-3-10-27(29,30)31/h1-2,4-5,16,18-21H,3,6-15,17H2,(H,32,36)/t19?,20-,21?/m0/s1. The minimum Gasteiger partial charge on any atom is -0.355 e. The maximum atomic E-state index is 13.5. The van der Waals surface area contributed by atoms with Gasteiger partial charge in [0.15, 0.2) is 11.5 Å². The SMILES string of the molecule is O=C(NC1CC2CC[C@@H](C1)N2S(=O)(=O)CC1CCN(CCCC(F)(F)F)CC1)c1cc(-c2ccccc2Cl)on1. The molecule has 3 atom stereocenters. The lowest BCUT2D eigenvalue weighted by molar-refractivity contribution is -0.136. The van der Waals surface area contributed by atoms with Crippen molar-refractivity contribution in [3.63, 3.8) is 0 Å². The third kappa shape index (κ3) is 7.00. The van der Waals surface area contributed by atoms with Crippen LogP contribution in [0.15, 0.2) is 34.9 Å². The van der Waals surface area contributed by atoms with E-state index in [-0.39, 0.29) is 47.8 Å². The summed E-state index contributed by atoms with van der Waals surface area (Å²) in [6.07, 6.45) is -0.935. The number of halogens is 4. The predicted octanol–water partition coefficient (Wildman–Crippen LogP) is 5.10. The molecule has 1 N–H and O–H groups in total. The van der Waals surface area contributed by atoms with Gasteiger partial charge in [0.05, 0.1) is 10.8 Å². The van der Waals surface area contributed by atoms with E-state index in [1.807, 2.05) is 11.0 Å². The van der Waals surface area contributed by atoms with Gasteiger partial charge in [-0.25, -0.2) is 8.42 Å². The molecule has 1 aromatic heterocycles.